The zero-order chi connectivity index (χ0) is 15.6. The molecule has 1 heterocycles. The number of nitro groups is 1. The predicted molar refractivity (Wildman–Crippen MR) is 83.9 cm³/mol. The van der Waals surface area contributed by atoms with Gasteiger partial charge in [0.25, 0.3) is 5.69 Å². The highest BCUT2D eigenvalue weighted by molar-refractivity contribution is 7.11. The third-order valence-electron chi connectivity index (χ3n) is 2.94. The summed E-state index contributed by atoms with van der Waals surface area (Å²) < 4.78 is 13.5. The molecule has 7 heteroatoms. The van der Waals surface area contributed by atoms with Crippen molar-refractivity contribution in [2.24, 2.45) is 0 Å². The lowest BCUT2D eigenvalue weighted by Gasteiger charge is -2.15. The van der Waals surface area contributed by atoms with Crippen LogP contribution < -0.4 is 5.32 Å². The average Bonchev–Trinajstić information content (AvgIpc) is 2.78. The molecule has 0 saturated heterocycles. The van der Waals surface area contributed by atoms with Crippen LogP contribution in [0.1, 0.15) is 16.7 Å². The largest absolute Gasteiger partial charge is 0.377 e. The van der Waals surface area contributed by atoms with Gasteiger partial charge >= 0.3 is 0 Å². The van der Waals surface area contributed by atoms with Crippen molar-refractivity contribution in [1.29, 1.82) is 0 Å². The van der Waals surface area contributed by atoms with Crippen LogP contribution in [0.3, 0.4) is 0 Å². The Balaban J connectivity index is 2.18. The van der Waals surface area contributed by atoms with Crippen LogP contribution in [0, 0.1) is 22.9 Å². The standard InChI is InChI=1S/C14H14ClFN2O2S/c1-8(5-10-4-3-9(2)21-10)17-13-7-12(16)11(15)6-14(13)18(19)20/h3-4,6-8,17H,5H2,1-2H3. The lowest BCUT2D eigenvalue weighted by atomic mass is 10.2. The second-order valence-corrected chi connectivity index (χ2v) is 6.58. The van der Waals surface area contributed by atoms with Gasteiger partial charge in [0.2, 0.25) is 0 Å². The number of nitrogens with zero attached hydrogens (tertiary/aromatic N) is 1. The first kappa shape index (κ1) is 15.7. The van der Waals surface area contributed by atoms with Crippen molar-refractivity contribution in [3.8, 4) is 0 Å². The molecule has 0 spiro atoms. The van der Waals surface area contributed by atoms with Crippen molar-refractivity contribution in [2.75, 3.05) is 5.32 Å². The summed E-state index contributed by atoms with van der Waals surface area (Å²) in [6.45, 7) is 3.91. The van der Waals surface area contributed by atoms with Crippen molar-refractivity contribution >= 4 is 34.3 Å². The summed E-state index contributed by atoms with van der Waals surface area (Å²) in [7, 11) is 0. The monoisotopic (exact) mass is 328 g/mol. The summed E-state index contributed by atoms with van der Waals surface area (Å²) in [4.78, 5) is 12.8. The molecule has 4 nitrogen and oxygen atoms in total. The van der Waals surface area contributed by atoms with E-state index in [0.717, 1.165) is 12.1 Å². The van der Waals surface area contributed by atoms with Gasteiger partial charge in [-0.2, -0.15) is 0 Å². The predicted octanol–water partition coefficient (Wildman–Crippen LogP) is 4.80. The first-order chi connectivity index (χ1) is 9.86. The number of nitrogens with one attached hydrogen (secondary N) is 1. The van der Waals surface area contributed by atoms with E-state index in [4.69, 9.17) is 11.6 Å². The van der Waals surface area contributed by atoms with E-state index in [1.54, 1.807) is 11.3 Å². The van der Waals surface area contributed by atoms with Gasteiger partial charge in [0, 0.05) is 34.3 Å². The molecule has 2 rings (SSSR count). The maximum atomic E-state index is 13.5. The molecule has 0 saturated carbocycles. The van der Waals surface area contributed by atoms with E-state index < -0.39 is 10.7 Å². The van der Waals surface area contributed by atoms with Crippen molar-refractivity contribution in [2.45, 2.75) is 26.3 Å². The molecular weight excluding hydrogens is 315 g/mol. The zero-order valence-electron chi connectivity index (χ0n) is 11.5. The molecule has 1 atom stereocenters. The summed E-state index contributed by atoms with van der Waals surface area (Å²) in [5, 5.41) is 13.7. The van der Waals surface area contributed by atoms with Gasteiger partial charge in [-0.1, -0.05) is 11.6 Å². The summed E-state index contributed by atoms with van der Waals surface area (Å²) in [5.41, 5.74) is -0.0849. The van der Waals surface area contributed by atoms with Crippen molar-refractivity contribution in [1.82, 2.24) is 0 Å². The molecule has 0 bridgehead atoms. The number of hydrogen-bond donors (Lipinski definition) is 1. The molecule has 21 heavy (non-hydrogen) atoms. The fraction of sp³-hybridized carbons (Fsp3) is 0.286. The fourth-order valence-corrected chi connectivity index (χ4v) is 3.19. The van der Waals surface area contributed by atoms with Crippen LogP contribution >= 0.6 is 22.9 Å². The number of anilines is 1. The fourth-order valence-electron chi connectivity index (χ4n) is 2.02. The number of thiophene rings is 1. The van der Waals surface area contributed by atoms with E-state index in [9.17, 15) is 14.5 Å². The second-order valence-electron chi connectivity index (χ2n) is 4.80. The number of hydrogen-bond acceptors (Lipinski definition) is 4. The van der Waals surface area contributed by atoms with Crippen molar-refractivity contribution < 1.29 is 9.31 Å². The van der Waals surface area contributed by atoms with Gasteiger partial charge in [-0.25, -0.2) is 4.39 Å². The van der Waals surface area contributed by atoms with E-state index in [1.807, 2.05) is 26.0 Å². The lowest BCUT2D eigenvalue weighted by Crippen LogP contribution is -2.18. The minimum atomic E-state index is -0.677. The second kappa shape index (κ2) is 6.41. The smallest absolute Gasteiger partial charge is 0.294 e. The van der Waals surface area contributed by atoms with E-state index in [-0.39, 0.29) is 22.4 Å². The zero-order valence-corrected chi connectivity index (χ0v) is 13.1. The Morgan fingerprint density at radius 2 is 2.19 bits per heavy atom. The van der Waals surface area contributed by atoms with Crippen LogP contribution in [-0.4, -0.2) is 11.0 Å². The first-order valence-corrected chi connectivity index (χ1v) is 7.51. The van der Waals surface area contributed by atoms with E-state index >= 15 is 0 Å². The van der Waals surface area contributed by atoms with Gasteiger partial charge in [0.15, 0.2) is 0 Å². The highest BCUT2D eigenvalue weighted by atomic mass is 35.5. The Kier molecular flexibility index (Phi) is 4.80. The van der Waals surface area contributed by atoms with Crippen LogP contribution in [0.25, 0.3) is 0 Å². The topological polar surface area (TPSA) is 55.2 Å². The molecule has 0 aliphatic carbocycles. The van der Waals surface area contributed by atoms with E-state index in [1.165, 1.54) is 9.75 Å². The van der Waals surface area contributed by atoms with Crippen molar-refractivity contribution in [3.63, 3.8) is 0 Å². The minimum Gasteiger partial charge on any atom is -0.377 e. The molecular formula is C14H14ClFN2O2S. The van der Waals surface area contributed by atoms with Crippen LogP contribution in [0.2, 0.25) is 5.02 Å². The molecule has 1 N–H and O–H groups in total. The Labute approximate surface area is 130 Å². The van der Waals surface area contributed by atoms with Crippen molar-refractivity contribution in [3.05, 3.63) is 55.0 Å². The Bertz CT molecular complexity index is 675. The number of halogens is 2. The molecule has 0 aliphatic rings. The Hall–Kier alpha value is -1.66. The SMILES string of the molecule is Cc1ccc(CC(C)Nc2cc(F)c(Cl)cc2[N+](=O)[O-])s1. The molecule has 1 unspecified atom stereocenters. The third kappa shape index (κ3) is 3.92. The summed E-state index contributed by atoms with van der Waals surface area (Å²) in [6.07, 6.45) is 0.708. The highest BCUT2D eigenvalue weighted by Crippen LogP contribution is 2.31. The summed E-state index contributed by atoms with van der Waals surface area (Å²) in [5.74, 6) is -0.677. The average molecular weight is 329 g/mol. The summed E-state index contributed by atoms with van der Waals surface area (Å²) in [6, 6.07) is 6.08. The number of nitro benzene ring substituents is 1. The van der Waals surface area contributed by atoms with E-state index in [0.29, 0.717) is 6.42 Å². The lowest BCUT2D eigenvalue weighted by molar-refractivity contribution is -0.384. The summed E-state index contributed by atoms with van der Waals surface area (Å²) >= 11 is 7.27. The van der Waals surface area contributed by atoms with Gasteiger partial charge in [0.1, 0.15) is 11.5 Å². The van der Waals surface area contributed by atoms with E-state index in [2.05, 4.69) is 5.32 Å². The molecule has 0 radical (unpaired) electrons. The van der Waals surface area contributed by atoms with Gasteiger partial charge in [0.05, 0.1) is 9.95 Å². The van der Waals surface area contributed by atoms with Crippen LogP contribution in [0.4, 0.5) is 15.8 Å². The molecule has 2 aromatic rings. The molecule has 112 valence electrons. The first-order valence-electron chi connectivity index (χ1n) is 6.32. The maximum Gasteiger partial charge on any atom is 0.294 e. The van der Waals surface area contributed by atoms with Gasteiger partial charge in [-0.3, -0.25) is 10.1 Å². The Morgan fingerprint density at radius 1 is 1.48 bits per heavy atom. The van der Waals surface area contributed by atoms with Crippen LogP contribution in [-0.2, 0) is 6.42 Å². The molecule has 1 aromatic heterocycles. The molecule has 1 aromatic carbocycles. The number of rotatable bonds is 5. The van der Waals surface area contributed by atoms with Gasteiger partial charge in [-0.15, -0.1) is 11.3 Å². The van der Waals surface area contributed by atoms with Gasteiger partial charge in [-0.05, 0) is 26.0 Å². The minimum absolute atomic E-state index is 0.0673. The molecule has 0 amide bonds. The maximum absolute atomic E-state index is 13.5. The highest BCUT2D eigenvalue weighted by Gasteiger charge is 2.19. The third-order valence-corrected chi connectivity index (χ3v) is 4.25. The Morgan fingerprint density at radius 3 is 2.76 bits per heavy atom. The van der Waals surface area contributed by atoms with Crippen LogP contribution in [0.15, 0.2) is 24.3 Å². The normalized spacial score (nSPS) is 12.2. The van der Waals surface area contributed by atoms with Gasteiger partial charge < -0.3 is 5.32 Å². The molecule has 0 fully saturated rings. The number of aryl methyl sites for hydroxylation is 1. The quantitative estimate of drug-likeness (QED) is 0.633. The molecule has 0 aliphatic heterocycles. The van der Waals surface area contributed by atoms with Crippen LogP contribution in [0.5, 0.6) is 0 Å². The number of benzene rings is 1.